The van der Waals surface area contributed by atoms with Gasteiger partial charge in [0.25, 0.3) is 0 Å². The van der Waals surface area contributed by atoms with Crippen molar-refractivity contribution in [3.8, 4) is 0 Å². The van der Waals surface area contributed by atoms with Gasteiger partial charge in [0, 0.05) is 37.6 Å². The lowest BCUT2D eigenvalue weighted by Crippen LogP contribution is -2.50. The number of rotatable bonds is 3. The van der Waals surface area contributed by atoms with Crippen LogP contribution >= 0.6 is 0 Å². The molecule has 0 saturated carbocycles. The van der Waals surface area contributed by atoms with Crippen LogP contribution in [-0.2, 0) is 6.54 Å². The highest BCUT2D eigenvalue weighted by molar-refractivity contribution is 5.13. The lowest BCUT2D eigenvalue weighted by atomic mass is 10.0. The van der Waals surface area contributed by atoms with Crippen molar-refractivity contribution < 1.29 is 0 Å². The minimum absolute atomic E-state index is 0.594. The molecule has 2 heterocycles. The van der Waals surface area contributed by atoms with Gasteiger partial charge in [-0.2, -0.15) is 0 Å². The first kappa shape index (κ1) is 9.62. The highest BCUT2D eigenvalue weighted by Gasteiger charge is 2.25. The summed E-state index contributed by atoms with van der Waals surface area (Å²) in [5.41, 5.74) is 8.01. The van der Waals surface area contributed by atoms with Crippen LogP contribution in [0, 0.1) is 6.92 Å². The largest absolute Gasteiger partial charge is 0.329 e. The third-order valence-electron chi connectivity index (χ3n) is 2.90. The number of aromatic nitrogens is 1. The summed E-state index contributed by atoms with van der Waals surface area (Å²) in [6, 6.07) is 4.80. The van der Waals surface area contributed by atoms with Crippen LogP contribution in [0.15, 0.2) is 18.3 Å². The summed E-state index contributed by atoms with van der Waals surface area (Å²) in [4.78, 5) is 6.69. The third-order valence-corrected chi connectivity index (χ3v) is 2.90. The van der Waals surface area contributed by atoms with E-state index in [1.165, 1.54) is 18.5 Å². The minimum atomic E-state index is 0.594. The molecule has 1 aromatic heterocycles. The summed E-state index contributed by atoms with van der Waals surface area (Å²) in [7, 11) is 0. The molecule has 2 N–H and O–H groups in total. The monoisotopic (exact) mass is 191 g/mol. The summed E-state index contributed by atoms with van der Waals surface area (Å²) < 4.78 is 0. The molecule has 0 amide bonds. The fraction of sp³-hybridized carbons (Fsp3) is 0.545. The molecule has 3 heteroatoms. The van der Waals surface area contributed by atoms with Crippen LogP contribution in [0.25, 0.3) is 0 Å². The van der Waals surface area contributed by atoms with Gasteiger partial charge in [-0.1, -0.05) is 6.07 Å². The molecule has 0 radical (unpaired) electrons. The summed E-state index contributed by atoms with van der Waals surface area (Å²) in [6.45, 7) is 4.96. The maximum atomic E-state index is 5.64. The normalized spacial score (nSPS) is 22.0. The van der Waals surface area contributed by atoms with Gasteiger partial charge in [-0.3, -0.25) is 9.88 Å². The number of hydrogen-bond acceptors (Lipinski definition) is 3. The molecule has 1 aliphatic rings. The molecular weight excluding hydrogens is 174 g/mol. The van der Waals surface area contributed by atoms with E-state index in [1.807, 2.05) is 13.1 Å². The first-order chi connectivity index (χ1) is 6.79. The van der Waals surface area contributed by atoms with E-state index < -0.39 is 0 Å². The Hall–Kier alpha value is -0.930. The zero-order valence-electron chi connectivity index (χ0n) is 8.61. The molecule has 1 aliphatic heterocycles. The second-order valence-corrected chi connectivity index (χ2v) is 3.96. The van der Waals surface area contributed by atoms with E-state index in [-0.39, 0.29) is 0 Å². The van der Waals surface area contributed by atoms with Crippen LogP contribution < -0.4 is 5.73 Å². The van der Waals surface area contributed by atoms with Crippen molar-refractivity contribution in [2.75, 3.05) is 13.1 Å². The number of aryl methyl sites for hydroxylation is 1. The van der Waals surface area contributed by atoms with Gasteiger partial charge in [0.1, 0.15) is 0 Å². The van der Waals surface area contributed by atoms with Crippen molar-refractivity contribution in [1.29, 1.82) is 0 Å². The molecule has 76 valence electrons. The molecule has 1 fully saturated rings. The van der Waals surface area contributed by atoms with Crippen LogP contribution in [0.3, 0.4) is 0 Å². The predicted octanol–water partition coefficient (Wildman–Crippen LogP) is 0.923. The lowest BCUT2D eigenvalue weighted by molar-refractivity contribution is 0.0881. The van der Waals surface area contributed by atoms with E-state index in [2.05, 4.69) is 22.0 Å². The Morgan fingerprint density at radius 2 is 2.43 bits per heavy atom. The van der Waals surface area contributed by atoms with Crippen molar-refractivity contribution in [2.45, 2.75) is 25.9 Å². The van der Waals surface area contributed by atoms with Crippen LogP contribution in [0.2, 0.25) is 0 Å². The standard InChI is InChI=1S/C11H17N3/c1-9-2-3-10(7-13-9)8-14-5-4-11(14)6-12/h2-3,7,11H,4-6,8,12H2,1H3. The molecule has 14 heavy (non-hydrogen) atoms. The number of pyridine rings is 1. The van der Waals surface area contributed by atoms with Crippen LogP contribution in [-0.4, -0.2) is 29.0 Å². The van der Waals surface area contributed by atoms with Crippen molar-refractivity contribution in [2.24, 2.45) is 5.73 Å². The zero-order chi connectivity index (χ0) is 9.97. The second kappa shape index (κ2) is 4.07. The second-order valence-electron chi connectivity index (χ2n) is 3.96. The van der Waals surface area contributed by atoms with Gasteiger partial charge >= 0.3 is 0 Å². The van der Waals surface area contributed by atoms with E-state index in [9.17, 15) is 0 Å². The van der Waals surface area contributed by atoms with Gasteiger partial charge < -0.3 is 5.73 Å². The van der Waals surface area contributed by atoms with Crippen molar-refractivity contribution in [3.63, 3.8) is 0 Å². The Labute approximate surface area is 84.9 Å². The molecule has 1 aromatic rings. The first-order valence-corrected chi connectivity index (χ1v) is 5.15. The number of likely N-dealkylation sites (tertiary alicyclic amines) is 1. The predicted molar refractivity (Wildman–Crippen MR) is 56.8 cm³/mol. The topological polar surface area (TPSA) is 42.1 Å². The average Bonchev–Trinajstić information content (AvgIpc) is 2.16. The molecular formula is C11H17N3. The highest BCUT2D eigenvalue weighted by atomic mass is 15.2. The summed E-state index contributed by atoms with van der Waals surface area (Å²) in [5, 5.41) is 0. The van der Waals surface area contributed by atoms with Gasteiger partial charge in [-0.15, -0.1) is 0 Å². The molecule has 1 atom stereocenters. The molecule has 0 bridgehead atoms. The minimum Gasteiger partial charge on any atom is -0.329 e. The SMILES string of the molecule is Cc1ccc(CN2CCC2CN)cn1. The van der Waals surface area contributed by atoms with E-state index in [0.29, 0.717) is 6.04 Å². The van der Waals surface area contributed by atoms with Crippen molar-refractivity contribution >= 4 is 0 Å². The van der Waals surface area contributed by atoms with E-state index in [4.69, 9.17) is 5.73 Å². The average molecular weight is 191 g/mol. The van der Waals surface area contributed by atoms with Crippen molar-refractivity contribution in [1.82, 2.24) is 9.88 Å². The molecule has 1 unspecified atom stereocenters. The van der Waals surface area contributed by atoms with E-state index in [0.717, 1.165) is 18.8 Å². The Morgan fingerprint density at radius 3 is 2.93 bits per heavy atom. The quantitative estimate of drug-likeness (QED) is 0.772. The van der Waals surface area contributed by atoms with E-state index >= 15 is 0 Å². The fourth-order valence-corrected chi connectivity index (χ4v) is 1.80. The molecule has 1 saturated heterocycles. The zero-order valence-corrected chi connectivity index (χ0v) is 8.61. The van der Waals surface area contributed by atoms with Crippen LogP contribution in [0.4, 0.5) is 0 Å². The Bertz CT molecular complexity index is 292. The van der Waals surface area contributed by atoms with Gasteiger partial charge in [0.2, 0.25) is 0 Å². The fourth-order valence-electron chi connectivity index (χ4n) is 1.80. The molecule has 0 aromatic carbocycles. The lowest BCUT2D eigenvalue weighted by Gasteiger charge is -2.40. The van der Waals surface area contributed by atoms with Gasteiger partial charge in [-0.25, -0.2) is 0 Å². The number of hydrogen-bond donors (Lipinski definition) is 1. The molecule has 0 spiro atoms. The smallest absolute Gasteiger partial charge is 0.0372 e. The number of nitrogens with zero attached hydrogens (tertiary/aromatic N) is 2. The maximum absolute atomic E-state index is 5.64. The summed E-state index contributed by atoms with van der Waals surface area (Å²) >= 11 is 0. The third kappa shape index (κ3) is 1.94. The first-order valence-electron chi connectivity index (χ1n) is 5.15. The summed E-state index contributed by atoms with van der Waals surface area (Å²) in [6.07, 6.45) is 3.21. The van der Waals surface area contributed by atoms with Crippen LogP contribution in [0.1, 0.15) is 17.7 Å². The molecule has 3 nitrogen and oxygen atoms in total. The number of nitrogens with two attached hydrogens (primary N) is 1. The molecule has 0 aliphatic carbocycles. The summed E-state index contributed by atoms with van der Waals surface area (Å²) in [5.74, 6) is 0. The Morgan fingerprint density at radius 1 is 1.57 bits per heavy atom. The van der Waals surface area contributed by atoms with Crippen LogP contribution in [0.5, 0.6) is 0 Å². The van der Waals surface area contributed by atoms with Gasteiger partial charge in [-0.05, 0) is 25.0 Å². The Kier molecular flexibility index (Phi) is 2.79. The Balaban J connectivity index is 1.94. The maximum Gasteiger partial charge on any atom is 0.0372 e. The van der Waals surface area contributed by atoms with Gasteiger partial charge in [0.15, 0.2) is 0 Å². The van der Waals surface area contributed by atoms with Crippen molar-refractivity contribution in [3.05, 3.63) is 29.6 Å². The molecule has 2 rings (SSSR count). The van der Waals surface area contributed by atoms with E-state index in [1.54, 1.807) is 0 Å². The highest BCUT2D eigenvalue weighted by Crippen LogP contribution is 2.18. The van der Waals surface area contributed by atoms with Gasteiger partial charge in [0.05, 0.1) is 0 Å².